The molecule has 5 heteroatoms. The molecule has 0 heterocycles. The van der Waals surface area contributed by atoms with Gasteiger partial charge in [-0.05, 0) is 29.8 Å². The lowest BCUT2D eigenvalue weighted by Gasteiger charge is -2.12. The largest absolute Gasteiger partial charge is 0.495 e. The quantitative estimate of drug-likeness (QED) is 0.900. The van der Waals surface area contributed by atoms with Crippen LogP contribution in [0, 0.1) is 5.82 Å². The van der Waals surface area contributed by atoms with Gasteiger partial charge in [0.05, 0.1) is 24.9 Å². The Hall–Kier alpha value is -1.94. The Labute approximate surface area is 122 Å². The first-order valence-electron chi connectivity index (χ1n) is 6.04. The van der Waals surface area contributed by atoms with Crippen LogP contribution in [-0.2, 0) is 6.54 Å². The Bertz CT molecular complexity index is 604. The van der Waals surface area contributed by atoms with Gasteiger partial charge in [-0.2, -0.15) is 0 Å². The molecule has 3 nitrogen and oxygen atoms in total. The molecule has 106 valence electrons. The molecule has 0 unspecified atom stereocenters. The summed E-state index contributed by atoms with van der Waals surface area (Å²) in [5, 5.41) is 3.73. The number of methoxy groups -OCH3 is 2. The van der Waals surface area contributed by atoms with E-state index in [1.54, 1.807) is 19.2 Å². The summed E-state index contributed by atoms with van der Waals surface area (Å²) in [5.74, 6) is 0.763. The molecule has 2 aromatic carbocycles. The molecule has 0 aliphatic heterocycles. The number of anilines is 1. The number of halogens is 2. The van der Waals surface area contributed by atoms with E-state index in [1.807, 2.05) is 12.1 Å². The topological polar surface area (TPSA) is 30.5 Å². The molecule has 0 aliphatic rings. The summed E-state index contributed by atoms with van der Waals surface area (Å²) in [5.41, 5.74) is 1.71. The van der Waals surface area contributed by atoms with Crippen LogP contribution in [0.2, 0.25) is 5.02 Å². The number of hydrogen-bond acceptors (Lipinski definition) is 3. The Kier molecular flexibility index (Phi) is 4.69. The average molecular weight is 296 g/mol. The molecule has 0 spiro atoms. The van der Waals surface area contributed by atoms with Crippen molar-refractivity contribution in [1.29, 1.82) is 0 Å². The third-order valence-electron chi connectivity index (χ3n) is 2.86. The second-order valence-electron chi connectivity index (χ2n) is 4.17. The van der Waals surface area contributed by atoms with Crippen molar-refractivity contribution in [1.82, 2.24) is 0 Å². The van der Waals surface area contributed by atoms with Crippen LogP contribution in [0.5, 0.6) is 11.5 Å². The average Bonchev–Trinajstić information content (AvgIpc) is 2.46. The van der Waals surface area contributed by atoms with E-state index in [0.29, 0.717) is 23.1 Å². The maximum absolute atomic E-state index is 13.1. The summed E-state index contributed by atoms with van der Waals surface area (Å²) >= 11 is 6.06. The molecule has 2 aromatic rings. The standard InChI is InChI=1S/C15H15ClFNO2/c1-19-14-6-3-10(7-12(14)16)9-18-13-5-4-11(17)8-15(13)20-2/h3-8,18H,9H2,1-2H3. The van der Waals surface area contributed by atoms with Crippen molar-refractivity contribution in [3.63, 3.8) is 0 Å². The first-order valence-corrected chi connectivity index (χ1v) is 6.41. The minimum Gasteiger partial charge on any atom is -0.495 e. The molecular weight excluding hydrogens is 281 g/mol. The summed E-state index contributed by atoms with van der Waals surface area (Å²) in [7, 11) is 3.08. The minimum atomic E-state index is -0.333. The summed E-state index contributed by atoms with van der Waals surface area (Å²) in [4.78, 5) is 0. The fraction of sp³-hybridized carbons (Fsp3) is 0.200. The maximum Gasteiger partial charge on any atom is 0.144 e. The molecule has 0 fully saturated rings. The highest BCUT2D eigenvalue weighted by Gasteiger charge is 2.06. The van der Waals surface area contributed by atoms with Crippen molar-refractivity contribution in [3.8, 4) is 11.5 Å². The minimum absolute atomic E-state index is 0.333. The predicted molar refractivity (Wildman–Crippen MR) is 78.3 cm³/mol. The van der Waals surface area contributed by atoms with Crippen LogP contribution in [-0.4, -0.2) is 14.2 Å². The van der Waals surface area contributed by atoms with Crippen molar-refractivity contribution in [2.24, 2.45) is 0 Å². The first kappa shape index (κ1) is 14.5. The van der Waals surface area contributed by atoms with Gasteiger partial charge in [0.1, 0.15) is 17.3 Å². The van der Waals surface area contributed by atoms with Gasteiger partial charge in [-0.15, -0.1) is 0 Å². The van der Waals surface area contributed by atoms with Crippen LogP contribution < -0.4 is 14.8 Å². The van der Waals surface area contributed by atoms with Gasteiger partial charge in [-0.25, -0.2) is 4.39 Å². The Balaban J connectivity index is 2.10. The molecule has 1 N–H and O–H groups in total. The van der Waals surface area contributed by atoms with Crippen molar-refractivity contribution < 1.29 is 13.9 Å². The Morgan fingerprint density at radius 1 is 1.05 bits per heavy atom. The monoisotopic (exact) mass is 295 g/mol. The van der Waals surface area contributed by atoms with Crippen molar-refractivity contribution in [2.45, 2.75) is 6.54 Å². The number of nitrogens with one attached hydrogen (secondary N) is 1. The molecule has 0 saturated heterocycles. The van der Waals surface area contributed by atoms with Crippen LogP contribution in [0.15, 0.2) is 36.4 Å². The SMILES string of the molecule is COc1ccc(CNc2ccc(F)cc2OC)cc1Cl. The molecule has 0 aromatic heterocycles. The van der Waals surface area contributed by atoms with E-state index in [2.05, 4.69) is 5.32 Å². The van der Waals surface area contributed by atoms with E-state index in [4.69, 9.17) is 21.1 Å². The third kappa shape index (κ3) is 3.33. The van der Waals surface area contributed by atoms with Crippen LogP contribution in [0.1, 0.15) is 5.56 Å². The highest BCUT2D eigenvalue weighted by Crippen LogP contribution is 2.27. The summed E-state index contributed by atoms with van der Waals surface area (Å²) in [6.07, 6.45) is 0. The number of rotatable bonds is 5. The lowest BCUT2D eigenvalue weighted by atomic mass is 10.2. The summed E-state index contributed by atoms with van der Waals surface area (Å²) in [6, 6.07) is 9.90. The van der Waals surface area contributed by atoms with Crippen LogP contribution in [0.3, 0.4) is 0 Å². The molecule has 0 radical (unpaired) electrons. The highest BCUT2D eigenvalue weighted by atomic mass is 35.5. The lowest BCUT2D eigenvalue weighted by molar-refractivity contribution is 0.413. The van der Waals surface area contributed by atoms with Crippen LogP contribution in [0.25, 0.3) is 0 Å². The molecule has 0 atom stereocenters. The third-order valence-corrected chi connectivity index (χ3v) is 3.16. The molecule has 0 saturated carbocycles. The second kappa shape index (κ2) is 6.48. The number of benzene rings is 2. The van der Waals surface area contributed by atoms with Gasteiger partial charge in [-0.1, -0.05) is 17.7 Å². The van der Waals surface area contributed by atoms with Crippen molar-refractivity contribution in [2.75, 3.05) is 19.5 Å². The van der Waals surface area contributed by atoms with Crippen LogP contribution >= 0.6 is 11.6 Å². The van der Waals surface area contributed by atoms with Gasteiger partial charge < -0.3 is 14.8 Å². The molecule has 2 rings (SSSR count). The number of hydrogen-bond donors (Lipinski definition) is 1. The molecular formula is C15H15ClFNO2. The fourth-order valence-electron chi connectivity index (χ4n) is 1.83. The fourth-order valence-corrected chi connectivity index (χ4v) is 2.11. The van der Waals surface area contributed by atoms with Crippen LogP contribution in [0.4, 0.5) is 10.1 Å². The van der Waals surface area contributed by atoms with Gasteiger partial charge >= 0.3 is 0 Å². The molecule has 0 amide bonds. The zero-order chi connectivity index (χ0) is 14.5. The van der Waals surface area contributed by atoms with E-state index in [-0.39, 0.29) is 5.82 Å². The Morgan fingerprint density at radius 3 is 2.45 bits per heavy atom. The highest BCUT2D eigenvalue weighted by molar-refractivity contribution is 6.32. The number of ether oxygens (including phenoxy) is 2. The van der Waals surface area contributed by atoms with E-state index >= 15 is 0 Å². The van der Waals surface area contributed by atoms with Crippen molar-refractivity contribution >= 4 is 17.3 Å². The van der Waals surface area contributed by atoms with E-state index < -0.39 is 0 Å². The Morgan fingerprint density at radius 2 is 1.80 bits per heavy atom. The summed E-state index contributed by atoms with van der Waals surface area (Å²) < 4.78 is 23.3. The van der Waals surface area contributed by atoms with Gasteiger partial charge in [-0.3, -0.25) is 0 Å². The van der Waals surface area contributed by atoms with Gasteiger partial charge in [0.15, 0.2) is 0 Å². The predicted octanol–water partition coefficient (Wildman–Crippen LogP) is 4.11. The van der Waals surface area contributed by atoms with E-state index in [0.717, 1.165) is 11.3 Å². The lowest BCUT2D eigenvalue weighted by Crippen LogP contribution is -2.02. The maximum atomic E-state index is 13.1. The molecule has 0 bridgehead atoms. The van der Waals surface area contributed by atoms with E-state index in [9.17, 15) is 4.39 Å². The zero-order valence-corrected chi connectivity index (χ0v) is 12.0. The van der Waals surface area contributed by atoms with E-state index in [1.165, 1.54) is 19.2 Å². The molecule has 0 aliphatic carbocycles. The van der Waals surface area contributed by atoms with Gasteiger partial charge in [0, 0.05) is 12.6 Å². The smallest absolute Gasteiger partial charge is 0.144 e. The first-order chi connectivity index (χ1) is 9.63. The van der Waals surface area contributed by atoms with Gasteiger partial charge in [0.25, 0.3) is 0 Å². The zero-order valence-electron chi connectivity index (χ0n) is 11.2. The normalized spacial score (nSPS) is 10.2. The summed E-state index contributed by atoms with van der Waals surface area (Å²) in [6.45, 7) is 0.547. The molecule has 20 heavy (non-hydrogen) atoms. The van der Waals surface area contributed by atoms with Crippen molar-refractivity contribution in [3.05, 3.63) is 52.8 Å². The van der Waals surface area contributed by atoms with Gasteiger partial charge in [0.2, 0.25) is 0 Å². The second-order valence-corrected chi connectivity index (χ2v) is 4.57.